The molecule has 1 fully saturated rings. The van der Waals surface area contributed by atoms with Crippen LogP contribution in [0.2, 0.25) is 5.02 Å². The molecule has 1 heterocycles. The zero-order valence-corrected chi connectivity index (χ0v) is 18.5. The van der Waals surface area contributed by atoms with Gasteiger partial charge in [0.05, 0.1) is 11.6 Å². The summed E-state index contributed by atoms with van der Waals surface area (Å²) in [5.74, 6) is 1.43. The van der Waals surface area contributed by atoms with Gasteiger partial charge in [0.25, 0.3) is 0 Å². The fourth-order valence-electron chi connectivity index (χ4n) is 3.16. The highest BCUT2D eigenvalue weighted by Crippen LogP contribution is 2.37. The molecule has 2 aromatic rings. The summed E-state index contributed by atoms with van der Waals surface area (Å²) in [6.45, 7) is 7.70. The first-order valence-corrected chi connectivity index (χ1v) is 10.7. The lowest BCUT2D eigenvalue weighted by Gasteiger charge is -2.27. The summed E-state index contributed by atoms with van der Waals surface area (Å²) in [7, 11) is 1.67. The maximum atomic E-state index is 6.00. The molecule has 152 valence electrons. The Bertz CT molecular complexity index is 752. The predicted molar refractivity (Wildman–Crippen MR) is 117 cm³/mol. The van der Waals surface area contributed by atoms with Crippen molar-refractivity contribution in [2.75, 3.05) is 46.4 Å². The second kappa shape index (κ2) is 11.0. The van der Waals surface area contributed by atoms with Crippen LogP contribution in [0.5, 0.6) is 11.5 Å². The molecule has 0 atom stereocenters. The number of ether oxygens (including phenoxy) is 2. The Kier molecular flexibility index (Phi) is 8.43. The fraction of sp³-hybridized carbons (Fsp3) is 0.429. The number of hydrogen-bond acceptors (Lipinski definition) is 5. The van der Waals surface area contributed by atoms with Gasteiger partial charge < -0.3 is 20.1 Å². The Labute approximate surface area is 180 Å². The van der Waals surface area contributed by atoms with E-state index in [1.165, 1.54) is 0 Å². The standard InChI is InChI=1S/C21H27BrClN3O2/c1-27-20-13-17(14-25-8-11-26-9-6-24-7-10-26)12-19(22)21(20)28-15-16-2-4-18(23)5-3-16/h2-5,12-13,24-25H,6-11,14-15H2,1H3. The van der Waals surface area contributed by atoms with Crippen LogP contribution in [0.1, 0.15) is 11.1 Å². The summed E-state index contributed by atoms with van der Waals surface area (Å²) < 4.78 is 12.4. The van der Waals surface area contributed by atoms with E-state index >= 15 is 0 Å². The van der Waals surface area contributed by atoms with Crippen LogP contribution in [0, 0.1) is 0 Å². The Hall–Kier alpha value is -1.31. The number of piperazine rings is 1. The van der Waals surface area contributed by atoms with Crippen LogP contribution in [0.15, 0.2) is 40.9 Å². The van der Waals surface area contributed by atoms with Gasteiger partial charge in [0.15, 0.2) is 11.5 Å². The predicted octanol–water partition coefficient (Wildman–Crippen LogP) is 3.68. The number of nitrogens with zero attached hydrogens (tertiary/aromatic N) is 1. The summed E-state index contributed by atoms with van der Waals surface area (Å²) in [6.07, 6.45) is 0. The van der Waals surface area contributed by atoms with E-state index in [0.29, 0.717) is 12.4 Å². The molecule has 0 radical (unpaired) electrons. The molecule has 0 amide bonds. The lowest BCUT2D eigenvalue weighted by atomic mass is 10.2. The number of methoxy groups -OCH3 is 1. The van der Waals surface area contributed by atoms with Crippen molar-refractivity contribution in [2.45, 2.75) is 13.2 Å². The van der Waals surface area contributed by atoms with E-state index < -0.39 is 0 Å². The maximum Gasteiger partial charge on any atom is 0.175 e. The van der Waals surface area contributed by atoms with Crippen LogP contribution in [0.3, 0.4) is 0 Å². The van der Waals surface area contributed by atoms with Crippen molar-refractivity contribution in [1.82, 2.24) is 15.5 Å². The summed E-state index contributed by atoms with van der Waals surface area (Å²) in [5, 5.41) is 7.62. The smallest absolute Gasteiger partial charge is 0.175 e. The maximum absolute atomic E-state index is 6.00. The molecular weight excluding hydrogens is 442 g/mol. The van der Waals surface area contributed by atoms with Gasteiger partial charge in [-0.2, -0.15) is 0 Å². The van der Waals surface area contributed by atoms with Crippen molar-refractivity contribution in [2.24, 2.45) is 0 Å². The SMILES string of the molecule is COc1cc(CNCCN2CCNCC2)cc(Br)c1OCc1ccc(Cl)cc1. The zero-order chi connectivity index (χ0) is 19.8. The molecule has 3 rings (SSSR count). The second-order valence-electron chi connectivity index (χ2n) is 6.79. The highest BCUT2D eigenvalue weighted by atomic mass is 79.9. The molecule has 0 bridgehead atoms. The van der Waals surface area contributed by atoms with Gasteiger partial charge in [0, 0.05) is 50.8 Å². The highest BCUT2D eigenvalue weighted by molar-refractivity contribution is 9.10. The monoisotopic (exact) mass is 467 g/mol. The quantitative estimate of drug-likeness (QED) is 0.550. The van der Waals surface area contributed by atoms with Gasteiger partial charge in [-0.3, -0.25) is 4.90 Å². The molecule has 0 aromatic heterocycles. The molecule has 0 spiro atoms. The largest absolute Gasteiger partial charge is 0.493 e. The number of benzene rings is 2. The molecule has 28 heavy (non-hydrogen) atoms. The molecule has 5 nitrogen and oxygen atoms in total. The van der Waals surface area contributed by atoms with E-state index in [4.69, 9.17) is 21.1 Å². The van der Waals surface area contributed by atoms with E-state index in [-0.39, 0.29) is 0 Å². The minimum Gasteiger partial charge on any atom is -0.493 e. The third-order valence-electron chi connectivity index (χ3n) is 4.73. The van der Waals surface area contributed by atoms with Gasteiger partial charge in [-0.25, -0.2) is 0 Å². The highest BCUT2D eigenvalue weighted by Gasteiger charge is 2.13. The van der Waals surface area contributed by atoms with E-state index in [9.17, 15) is 0 Å². The Balaban J connectivity index is 1.53. The molecule has 0 aliphatic carbocycles. The topological polar surface area (TPSA) is 45.8 Å². The van der Waals surface area contributed by atoms with Crippen molar-refractivity contribution in [3.8, 4) is 11.5 Å². The number of halogens is 2. The normalized spacial score (nSPS) is 14.8. The first-order valence-electron chi connectivity index (χ1n) is 9.53. The summed E-state index contributed by atoms with van der Waals surface area (Å²) >= 11 is 9.56. The van der Waals surface area contributed by atoms with Crippen LogP contribution in [0.25, 0.3) is 0 Å². The average Bonchev–Trinajstić information content (AvgIpc) is 2.72. The van der Waals surface area contributed by atoms with Gasteiger partial charge in [0.2, 0.25) is 0 Å². The van der Waals surface area contributed by atoms with Crippen molar-refractivity contribution in [1.29, 1.82) is 0 Å². The van der Waals surface area contributed by atoms with E-state index in [2.05, 4.69) is 37.5 Å². The summed E-state index contributed by atoms with van der Waals surface area (Å²) in [5.41, 5.74) is 2.21. The Morgan fingerprint density at radius 3 is 2.61 bits per heavy atom. The van der Waals surface area contributed by atoms with Crippen LogP contribution in [-0.4, -0.2) is 51.3 Å². The third kappa shape index (κ3) is 6.36. The van der Waals surface area contributed by atoms with E-state index in [1.807, 2.05) is 30.3 Å². The van der Waals surface area contributed by atoms with Crippen LogP contribution in [-0.2, 0) is 13.2 Å². The Morgan fingerprint density at radius 2 is 1.89 bits per heavy atom. The second-order valence-corrected chi connectivity index (χ2v) is 8.08. The first-order chi connectivity index (χ1) is 13.7. The summed E-state index contributed by atoms with van der Waals surface area (Å²) in [4.78, 5) is 2.48. The Morgan fingerprint density at radius 1 is 1.14 bits per heavy atom. The third-order valence-corrected chi connectivity index (χ3v) is 5.57. The molecule has 1 aliphatic heterocycles. The minimum atomic E-state index is 0.453. The zero-order valence-electron chi connectivity index (χ0n) is 16.1. The van der Waals surface area contributed by atoms with E-state index in [1.54, 1.807) is 7.11 Å². The molecule has 1 aliphatic rings. The molecule has 7 heteroatoms. The van der Waals surface area contributed by atoms with Crippen molar-refractivity contribution >= 4 is 27.5 Å². The molecule has 0 unspecified atom stereocenters. The number of rotatable bonds is 9. The fourth-order valence-corrected chi connectivity index (χ4v) is 3.89. The van der Waals surface area contributed by atoms with Crippen molar-refractivity contribution in [3.05, 3.63) is 57.0 Å². The van der Waals surface area contributed by atoms with Gasteiger partial charge >= 0.3 is 0 Å². The lowest BCUT2D eigenvalue weighted by molar-refractivity contribution is 0.241. The summed E-state index contributed by atoms with van der Waals surface area (Å²) in [6, 6.07) is 11.7. The molecule has 1 saturated heterocycles. The molecular formula is C21H27BrClN3O2. The number of nitrogens with one attached hydrogen (secondary N) is 2. The van der Waals surface area contributed by atoms with Gasteiger partial charge in [-0.05, 0) is 51.3 Å². The van der Waals surface area contributed by atoms with Gasteiger partial charge in [-0.15, -0.1) is 0 Å². The molecule has 2 aromatic carbocycles. The minimum absolute atomic E-state index is 0.453. The van der Waals surface area contributed by atoms with Crippen LogP contribution in [0.4, 0.5) is 0 Å². The molecule has 2 N–H and O–H groups in total. The lowest BCUT2D eigenvalue weighted by Crippen LogP contribution is -2.45. The van der Waals surface area contributed by atoms with Crippen molar-refractivity contribution < 1.29 is 9.47 Å². The first kappa shape index (κ1) is 21.4. The molecule has 0 saturated carbocycles. The van der Waals surface area contributed by atoms with Crippen molar-refractivity contribution in [3.63, 3.8) is 0 Å². The average molecular weight is 469 g/mol. The van der Waals surface area contributed by atoms with Crippen LogP contribution >= 0.6 is 27.5 Å². The van der Waals surface area contributed by atoms with Gasteiger partial charge in [0.1, 0.15) is 6.61 Å². The van der Waals surface area contributed by atoms with Crippen LogP contribution < -0.4 is 20.1 Å². The number of hydrogen-bond donors (Lipinski definition) is 2. The van der Waals surface area contributed by atoms with Gasteiger partial charge in [-0.1, -0.05) is 23.7 Å². The van der Waals surface area contributed by atoms with E-state index in [0.717, 1.165) is 72.2 Å².